The highest BCUT2D eigenvalue weighted by Gasteiger charge is 2.12. The van der Waals surface area contributed by atoms with Crippen LogP contribution in [0.2, 0.25) is 0 Å². The summed E-state index contributed by atoms with van der Waals surface area (Å²) in [6.45, 7) is 3.16. The molecule has 0 aliphatic carbocycles. The van der Waals surface area contributed by atoms with E-state index in [0.717, 1.165) is 31.2 Å². The van der Waals surface area contributed by atoms with Gasteiger partial charge in [0.2, 0.25) is 0 Å². The number of piperidine rings is 1. The van der Waals surface area contributed by atoms with Crippen LogP contribution in [0.25, 0.3) is 0 Å². The first-order chi connectivity index (χ1) is 9.24. The van der Waals surface area contributed by atoms with Crippen LogP contribution in [0.3, 0.4) is 0 Å². The van der Waals surface area contributed by atoms with E-state index in [4.69, 9.17) is 10.5 Å². The number of nitrogens with one attached hydrogen (secondary N) is 2. The molecule has 0 spiro atoms. The van der Waals surface area contributed by atoms with Crippen molar-refractivity contribution in [1.29, 1.82) is 0 Å². The number of ether oxygens (including phenoxy) is 1. The van der Waals surface area contributed by atoms with Crippen molar-refractivity contribution in [2.45, 2.75) is 12.8 Å². The Morgan fingerprint density at radius 1 is 1.32 bits per heavy atom. The van der Waals surface area contributed by atoms with Crippen molar-refractivity contribution >= 4 is 11.6 Å². The lowest BCUT2D eigenvalue weighted by Gasteiger charge is -2.23. The van der Waals surface area contributed by atoms with Gasteiger partial charge < -0.3 is 21.1 Å². The van der Waals surface area contributed by atoms with Gasteiger partial charge in [0, 0.05) is 12.2 Å². The Balaban J connectivity index is 1.76. The number of primary amides is 1. The molecular formula is C14H21N3O2. The standard InChI is InChI=1S/C14H21N3O2/c15-14(18)10-19-13-3-1-12(2-4-13)17-9-11-5-7-16-8-6-11/h1-4,11,16-17H,5-10H2,(H2,15,18). The van der Waals surface area contributed by atoms with Gasteiger partial charge >= 0.3 is 0 Å². The Bertz CT molecular complexity index is 400. The van der Waals surface area contributed by atoms with Gasteiger partial charge in [-0.15, -0.1) is 0 Å². The predicted molar refractivity (Wildman–Crippen MR) is 75.2 cm³/mol. The zero-order valence-electron chi connectivity index (χ0n) is 11.0. The summed E-state index contributed by atoms with van der Waals surface area (Å²) in [5.41, 5.74) is 6.09. The van der Waals surface area contributed by atoms with Crippen molar-refractivity contribution < 1.29 is 9.53 Å². The Kier molecular flexibility index (Phi) is 5.03. The van der Waals surface area contributed by atoms with Gasteiger partial charge in [0.25, 0.3) is 5.91 Å². The second-order valence-electron chi connectivity index (χ2n) is 4.85. The normalized spacial score (nSPS) is 16.0. The fourth-order valence-electron chi connectivity index (χ4n) is 2.17. The lowest BCUT2D eigenvalue weighted by molar-refractivity contribution is -0.119. The molecule has 0 bridgehead atoms. The third-order valence-electron chi connectivity index (χ3n) is 3.29. The van der Waals surface area contributed by atoms with Crippen molar-refractivity contribution in [2.24, 2.45) is 11.7 Å². The summed E-state index contributed by atoms with van der Waals surface area (Å²) in [6.07, 6.45) is 2.46. The molecule has 5 nitrogen and oxygen atoms in total. The Labute approximate surface area is 113 Å². The van der Waals surface area contributed by atoms with E-state index in [0.29, 0.717) is 5.75 Å². The number of anilines is 1. The van der Waals surface area contributed by atoms with Crippen LogP contribution < -0.4 is 21.1 Å². The van der Waals surface area contributed by atoms with Crippen LogP contribution in [0.15, 0.2) is 24.3 Å². The first-order valence-corrected chi connectivity index (χ1v) is 6.70. The van der Waals surface area contributed by atoms with Crippen LogP contribution in [-0.4, -0.2) is 32.1 Å². The molecule has 1 aliphatic rings. The second kappa shape index (κ2) is 6.99. The quantitative estimate of drug-likeness (QED) is 0.714. The summed E-state index contributed by atoms with van der Waals surface area (Å²) in [7, 11) is 0. The Morgan fingerprint density at radius 2 is 2.00 bits per heavy atom. The fourth-order valence-corrected chi connectivity index (χ4v) is 2.17. The molecule has 1 fully saturated rings. The molecule has 4 N–H and O–H groups in total. The molecule has 0 unspecified atom stereocenters. The molecule has 2 rings (SSSR count). The van der Waals surface area contributed by atoms with E-state index in [1.807, 2.05) is 24.3 Å². The van der Waals surface area contributed by atoms with Gasteiger partial charge in [-0.3, -0.25) is 4.79 Å². The molecule has 19 heavy (non-hydrogen) atoms. The Morgan fingerprint density at radius 3 is 2.63 bits per heavy atom. The molecular weight excluding hydrogens is 242 g/mol. The summed E-state index contributed by atoms with van der Waals surface area (Å²) in [6, 6.07) is 7.59. The third kappa shape index (κ3) is 4.79. The van der Waals surface area contributed by atoms with E-state index < -0.39 is 5.91 Å². The molecule has 1 aromatic carbocycles. The summed E-state index contributed by atoms with van der Waals surface area (Å²) in [5, 5.41) is 6.79. The van der Waals surface area contributed by atoms with E-state index in [2.05, 4.69) is 10.6 Å². The number of hydrogen-bond donors (Lipinski definition) is 3. The lowest BCUT2D eigenvalue weighted by atomic mass is 9.98. The van der Waals surface area contributed by atoms with Crippen molar-refractivity contribution in [3.05, 3.63) is 24.3 Å². The van der Waals surface area contributed by atoms with E-state index in [1.54, 1.807) is 0 Å². The molecule has 1 heterocycles. The van der Waals surface area contributed by atoms with Crippen LogP contribution in [0.5, 0.6) is 5.75 Å². The van der Waals surface area contributed by atoms with Crippen molar-refractivity contribution in [1.82, 2.24) is 5.32 Å². The molecule has 1 saturated heterocycles. The summed E-state index contributed by atoms with van der Waals surface area (Å²) in [4.78, 5) is 10.6. The van der Waals surface area contributed by atoms with E-state index >= 15 is 0 Å². The summed E-state index contributed by atoms with van der Waals surface area (Å²) >= 11 is 0. The van der Waals surface area contributed by atoms with E-state index in [-0.39, 0.29) is 6.61 Å². The number of hydrogen-bond acceptors (Lipinski definition) is 4. The van der Waals surface area contributed by atoms with E-state index in [1.165, 1.54) is 12.8 Å². The van der Waals surface area contributed by atoms with Gasteiger partial charge in [0.05, 0.1) is 0 Å². The number of benzene rings is 1. The maximum Gasteiger partial charge on any atom is 0.255 e. The van der Waals surface area contributed by atoms with Crippen molar-refractivity contribution in [2.75, 3.05) is 31.6 Å². The maximum atomic E-state index is 10.6. The second-order valence-corrected chi connectivity index (χ2v) is 4.85. The molecule has 1 amide bonds. The number of amides is 1. The zero-order valence-corrected chi connectivity index (χ0v) is 11.0. The minimum Gasteiger partial charge on any atom is -0.484 e. The molecule has 5 heteroatoms. The van der Waals surface area contributed by atoms with Crippen LogP contribution in [0.4, 0.5) is 5.69 Å². The minimum atomic E-state index is -0.465. The van der Waals surface area contributed by atoms with Crippen LogP contribution in [0.1, 0.15) is 12.8 Å². The van der Waals surface area contributed by atoms with E-state index in [9.17, 15) is 4.79 Å². The molecule has 104 valence electrons. The summed E-state index contributed by atoms with van der Waals surface area (Å²) < 4.78 is 5.21. The molecule has 1 aromatic rings. The topological polar surface area (TPSA) is 76.4 Å². The molecule has 0 atom stereocenters. The van der Waals surface area contributed by atoms with Gasteiger partial charge in [-0.25, -0.2) is 0 Å². The van der Waals surface area contributed by atoms with Gasteiger partial charge in [-0.05, 0) is 56.1 Å². The Hall–Kier alpha value is -1.75. The van der Waals surface area contributed by atoms with Crippen LogP contribution in [-0.2, 0) is 4.79 Å². The minimum absolute atomic E-state index is 0.0815. The SMILES string of the molecule is NC(=O)COc1ccc(NCC2CCNCC2)cc1. The molecule has 0 radical (unpaired) electrons. The first kappa shape index (κ1) is 13.7. The first-order valence-electron chi connectivity index (χ1n) is 6.70. The van der Waals surface area contributed by atoms with Gasteiger partial charge in [0.1, 0.15) is 5.75 Å². The van der Waals surface area contributed by atoms with Crippen LogP contribution in [0, 0.1) is 5.92 Å². The predicted octanol–water partition coefficient (Wildman–Crippen LogP) is 0.962. The van der Waals surface area contributed by atoms with Gasteiger partial charge in [-0.2, -0.15) is 0 Å². The van der Waals surface area contributed by atoms with Gasteiger partial charge in [0.15, 0.2) is 6.61 Å². The number of carbonyl (C=O) groups excluding carboxylic acids is 1. The smallest absolute Gasteiger partial charge is 0.255 e. The average Bonchev–Trinajstić information content (AvgIpc) is 2.45. The number of rotatable bonds is 6. The highest BCUT2D eigenvalue weighted by molar-refractivity contribution is 5.75. The number of carbonyl (C=O) groups is 1. The average molecular weight is 263 g/mol. The molecule has 1 aliphatic heterocycles. The third-order valence-corrected chi connectivity index (χ3v) is 3.29. The van der Waals surface area contributed by atoms with Crippen molar-refractivity contribution in [3.63, 3.8) is 0 Å². The monoisotopic (exact) mass is 263 g/mol. The number of nitrogens with two attached hydrogens (primary N) is 1. The van der Waals surface area contributed by atoms with Crippen molar-refractivity contribution in [3.8, 4) is 5.75 Å². The highest BCUT2D eigenvalue weighted by atomic mass is 16.5. The lowest BCUT2D eigenvalue weighted by Crippen LogP contribution is -2.31. The van der Waals surface area contributed by atoms with Crippen LogP contribution >= 0.6 is 0 Å². The molecule has 0 saturated carbocycles. The maximum absolute atomic E-state index is 10.6. The van der Waals surface area contributed by atoms with Gasteiger partial charge in [-0.1, -0.05) is 0 Å². The zero-order chi connectivity index (χ0) is 13.5. The fraction of sp³-hybridized carbons (Fsp3) is 0.500. The molecule has 0 aromatic heterocycles. The largest absolute Gasteiger partial charge is 0.484 e. The highest BCUT2D eigenvalue weighted by Crippen LogP contribution is 2.17. The summed E-state index contributed by atoms with van der Waals surface area (Å²) in [5.74, 6) is 0.936.